The van der Waals surface area contributed by atoms with Crippen molar-refractivity contribution in [1.82, 2.24) is 9.80 Å². The lowest BCUT2D eigenvalue weighted by Crippen LogP contribution is -2.44. The van der Waals surface area contributed by atoms with Crippen molar-refractivity contribution >= 4 is 12.2 Å². The number of carbonyl (C=O) groups is 2. The molecule has 1 saturated heterocycles. The lowest BCUT2D eigenvalue weighted by Gasteiger charge is -2.31. The van der Waals surface area contributed by atoms with Gasteiger partial charge in [0.05, 0.1) is 6.04 Å². The highest BCUT2D eigenvalue weighted by molar-refractivity contribution is 5.70. The molecule has 24 heavy (non-hydrogen) atoms. The zero-order valence-electron chi connectivity index (χ0n) is 14.7. The quantitative estimate of drug-likeness (QED) is 0.917. The Morgan fingerprint density at radius 2 is 1.92 bits per heavy atom. The maximum absolute atomic E-state index is 12.7. The van der Waals surface area contributed by atoms with Gasteiger partial charge in [0.1, 0.15) is 5.60 Å². The first-order chi connectivity index (χ1) is 11.2. The first-order valence-electron chi connectivity index (χ1n) is 8.20. The lowest BCUT2D eigenvalue weighted by molar-refractivity contribution is 0.0146. The third-order valence-electron chi connectivity index (χ3n) is 4.06. The molecule has 1 N–H and O–H groups in total. The molecule has 132 valence electrons. The Hall–Kier alpha value is -2.24. The molecule has 0 radical (unpaired) electrons. The Bertz CT molecular complexity index is 582. The highest BCUT2D eigenvalue weighted by Gasteiger charge is 2.38. The second kappa shape index (κ2) is 7.11. The van der Waals surface area contributed by atoms with Crippen LogP contribution >= 0.6 is 0 Å². The van der Waals surface area contributed by atoms with Crippen LogP contribution in [0, 0.1) is 0 Å². The predicted octanol–water partition coefficient (Wildman–Crippen LogP) is 3.56. The highest BCUT2D eigenvalue weighted by atomic mass is 16.6. The van der Waals surface area contributed by atoms with Crippen LogP contribution in [0.2, 0.25) is 0 Å². The number of hydrogen-bond donors (Lipinski definition) is 1. The summed E-state index contributed by atoms with van der Waals surface area (Å²) in [6, 6.07) is 9.35. The minimum Gasteiger partial charge on any atom is -0.465 e. The van der Waals surface area contributed by atoms with Crippen molar-refractivity contribution in [2.75, 3.05) is 6.54 Å². The van der Waals surface area contributed by atoms with E-state index in [2.05, 4.69) is 0 Å². The summed E-state index contributed by atoms with van der Waals surface area (Å²) in [6.45, 7) is 8.05. The summed E-state index contributed by atoms with van der Waals surface area (Å²) in [5.41, 5.74) is 0.396. The molecule has 1 aliphatic heterocycles. The molecule has 0 spiro atoms. The van der Waals surface area contributed by atoms with E-state index in [-0.39, 0.29) is 12.1 Å². The van der Waals surface area contributed by atoms with E-state index in [9.17, 15) is 14.7 Å². The SMILES string of the molecule is C[C@@H]1C[C@H](N(Cc2ccccc2)C(=O)OC(C)(C)C)CN1C(=O)O. The minimum absolute atomic E-state index is 0.117. The molecule has 0 saturated carbocycles. The van der Waals surface area contributed by atoms with E-state index >= 15 is 0 Å². The summed E-state index contributed by atoms with van der Waals surface area (Å²) in [7, 11) is 0. The van der Waals surface area contributed by atoms with Crippen molar-refractivity contribution in [2.24, 2.45) is 0 Å². The van der Waals surface area contributed by atoms with Crippen molar-refractivity contribution in [3.63, 3.8) is 0 Å². The van der Waals surface area contributed by atoms with Gasteiger partial charge in [0.15, 0.2) is 0 Å². The summed E-state index contributed by atoms with van der Waals surface area (Å²) in [5.74, 6) is 0. The van der Waals surface area contributed by atoms with Gasteiger partial charge < -0.3 is 14.7 Å². The molecule has 1 aromatic rings. The van der Waals surface area contributed by atoms with Crippen LogP contribution in [0.4, 0.5) is 9.59 Å². The molecule has 6 nitrogen and oxygen atoms in total. The van der Waals surface area contributed by atoms with Crippen LogP contribution in [-0.2, 0) is 11.3 Å². The number of amides is 2. The van der Waals surface area contributed by atoms with E-state index in [0.29, 0.717) is 19.5 Å². The Morgan fingerprint density at radius 1 is 1.29 bits per heavy atom. The number of carboxylic acid groups (broad SMARTS) is 1. The van der Waals surface area contributed by atoms with Crippen molar-refractivity contribution in [3.8, 4) is 0 Å². The molecule has 0 unspecified atom stereocenters. The Morgan fingerprint density at radius 3 is 2.42 bits per heavy atom. The average Bonchev–Trinajstić information content (AvgIpc) is 2.86. The summed E-state index contributed by atoms with van der Waals surface area (Å²) < 4.78 is 5.54. The van der Waals surface area contributed by atoms with Crippen molar-refractivity contribution in [1.29, 1.82) is 0 Å². The van der Waals surface area contributed by atoms with Gasteiger partial charge in [-0.3, -0.25) is 4.90 Å². The molecule has 1 aromatic carbocycles. The van der Waals surface area contributed by atoms with Crippen LogP contribution in [0.3, 0.4) is 0 Å². The molecular weight excluding hydrogens is 308 g/mol. The first-order valence-corrected chi connectivity index (χ1v) is 8.20. The van der Waals surface area contributed by atoms with Gasteiger partial charge in [-0.2, -0.15) is 0 Å². The molecule has 6 heteroatoms. The fourth-order valence-electron chi connectivity index (χ4n) is 2.94. The zero-order chi connectivity index (χ0) is 17.9. The normalized spacial score (nSPS) is 20.8. The highest BCUT2D eigenvalue weighted by Crippen LogP contribution is 2.25. The topological polar surface area (TPSA) is 70.1 Å². The third kappa shape index (κ3) is 4.63. The maximum Gasteiger partial charge on any atom is 0.410 e. The van der Waals surface area contributed by atoms with E-state index < -0.39 is 17.8 Å². The number of ether oxygens (including phenoxy) is 1. The van der Waals surface area contributed by atoms with Crippen LogP contribution in [0.5, 0.6) is 0 Å². The number of hydrogen-bond acceptors (Lipinski definition) is 3. The van der Waals surface area contributed by atoms with Gasteiger partial charge in [-0.1, -0.05) is 30.3 Å². The fraction of sp³-hybridized carbons (Fsp3) is 0.556. The maximum atomic E-state index is 12.7. The zero-order valence-corrected chi connectivity index (χ0v) is 14.7. The van der Waals surface area contributed by atoms with Crippen LogP contribution < -0.4 is 0 Å². The van der Waals surface area contributed by atoms with Crippen molar-refractivity contribution < 1.29 is 19.4 Å². The van der Waals surface area contributed by atoms with Crippen molar-refractivity contribution in [3.05, 3.63) is 35.9 Å². The summed E-state index contributed by atoms with van der Waals surface area (Å²) in [6.07, 6.45) is -0.747. The smallest absolute Gasteiger partial charge is 0.410 e. The molecule has 0 bridgehead atoms. The van der Waals surface area contributed by atoms with Crippen LogP contribution in [0.1, 0.15) is 39.7 Å². The second-order valence-electron chi connectivity index (χ2n) is 7.27. The monoisotopic (exact) mass is 334 g/mol. The van der Waals surface area contributed by atoms with E-state index in [0.717, 1.165) is 5.56 Å². The van der Waals surface area contributed by atoms with Gasteiger partial charge >= 0.3 is 12.2 Å². The molecule has 0 aromatic heterocycles. The number of carbonyl (C=O) groups excluding carboxylic acids is 1. The lowest BCUT2D eigenvalue weighted by atomic mass is 10.1. The summed E-state index contributed by atoms with van der Waals surface area (Å²) >= 11 is 0. The summed E-state index contributed by atoms with van der Waals surface area (Å²) in [5, 5.41) is 9.29. The number of rotatable bonds is 3. The van der Waals surface area contributed by atoms with Gasteiger partial charge in [0, 0.05) is 19.1 Å². The number of nitrogens with zero attached hydrogens (tertiary/aromatic N) is 2. The third-order valence-corrected chi connectivity index (χ3v) is 4.06. The van der Waals surface area contributed by atoms with Gasteiger partial charge in [0.2, 0.25) is 0 Å². The van der Waals surface area contributed by atoms with Gasteiger partial charge in [-0.15, -0.1) is 0 Å². The number of likely N-dealkylation sites (tertiary alicyclic amines) is 1. The van der Waals surface area contributed by atoms with Crippen molar-refractivity contribution in [2.45, 2.75) is 58.3 Å². The minimum atomic E-state index is -0.950. The van der Waals surface area contributed by atoms with Gasteiger partial charge in [-0.05, 0) is 39.7 Å². The molecule has 2 rings (SSSR count). The molecule has 0 aliphatic carbocycles. The molecular formula is C18H26N2O4. The Kier molecular flexibility index (Phi) is 5.36. The predicted molar refractivity (Wildman–Crippen MR) is 90.8 cm³/mol. The molecule has 2 atom stereocenters. The molecule has 1 fully saturated rings. The first kappa shape index (κ1) is 18.1. The number of benzene rings is 1. The molecule has 2 amide bonds. The van der Waals surface area contributed by atoms with E-state index in [1.165, 1.54) is 4.90 Å². The van der Waals surface area contributed by atoms with Crippen LogP contribution in [0.25, 0.3) is 0 Å². The van der Waals surface area contributed by atoms with E-state index in [4.69, 9.17) is 4.74 Å². The largest absolute Gasteiger partial charge is 0.465 e. The van der Waals surface area contributed by atoms with Gasteiger partial charge in [-0.25, -0.2) is 9.59 Å². The fourth-order valence-corrected chi connectivity index (χ4v) is 2.94. The van der Waals surface area contributed by atoms with Crippen LogP contribution in [-0.4, -0.2) is 51.3 Å². The van der Waals surface area contributed by atoms with E-state index in [1.807, 2.05) is 58.0 Å². The average molecular weight is 334 g/mol. The Balaban J connectivity index is 2.19. The van der Waals surface area contributed by atoms with Gasteiger partial charge in [0.25, 0.3) is 0 Å². The standard InChI is InChI=1S/C18H26N2O4/c1-13-10-15(12-19(13)16(21)22)20(17(23)24-18(2,3)4)11-14-8-6-5-7-9-14/h5-9,13,15H,10-12H2,1-4H3,(H,21,22)/t13-,15+/m1/s1. The van der Waals surface area contributed by atoms with E-state index in [1.54, 1.807) is 4.90 Å². The second-order valence-corrected chi connectivity index (χ2v) is 7.27. The molecule has 1 heterocycles. The van der Waals surface area contributed by atoms with Crippen LogP contribution in [0.15, 0.2) is 30.3 Å². The Labute approximate surface area is 143 Å². The molecule has 1 aliphatic rings. The summed E-state index contributed by atoms with van der Waals surface area (Å²) in [4.78, 5) is 27.0.